The van der Waals surface area contributed by atoms with E-state index in [1.807, 2.05) is 31.2 Å². The molecule has 3 rings (SSSR count). The molecule has 2 aromatic carbocycles. The fraction of sp³-hybridized carbons (Fsp3) is 0.158. The highest BCUT2D eigenvalue weighted by Gasteiger charge is 2.10. The standard InChI is InChI=1S/C19H17FN2O2S/c1-2-16-14(13-7-3-5-9-17(13)24-16)11-21-22-19(23)12-25-18-10-6-4-8-15(18)20/h3-11H,2,12H2,1H3,(H,22,23)/b21-11-. The number of benzene rings is 2. The molecule has 3 aromatic rings. The average Bonchev–Trinajstić information content (AvgIpc) is 2.99. The molecule has 0 aliphatic heterocycles. The smallest absolute Gasteiger partial charge is 0.250 e. The van der Waals surface area contributed by atoms with Crippen LogP contribution in [0.1, 0.15) is 18.2 Å². The van der Waals surface area contributed by atoms with Crippen LogP contribution in [0, 0.1) is 5.82 Å². The summed E-state index contributed by atoms with van der Waals surface area (Å²) in [5.41, 5.74) is 4.13. The predicted octanol–water partition coefficient (Wildman–Crippen LogP) is 4.38. The number of furan rings is 1. The van der Waals surface area contributed by atoms with E-state index in [2.05, 4.69) is 10.5 Å². The maximum absolute atomic E-state index is 13.5. The van der Waals surface area contributed by atoms with Gasteiger partial charge in [-0.05, 0) is 18.2 Å². The molecule has 0 fully saturated rings. The Bertz CT molecular complexity index is 921. The number of hydrogen-bond donors (Lipinski definition) is 1. The first-order valence-corrected chi connectivity index (χ1v) is 8.87. The largest absolute Gasteiger partial charge is 0.460 e. The van der Waals surface area contributed by atoms with Gasteiger partial charge in [-0.25, -0.2) is 9.82 Å². The quantitative estimate of drug-likeness (QED) is 0.405. The lowest BCUT2D eigenvalue weighted by Gasteiger charge is -2.02. The Balaban J connectivity index is 1.63. The topological polar surface area (TPSA) is 54.6 Å². The van der Waals surface area contributed by atoms with Crippen molar-refractivity contribution in [3.8, 4) is 0 Å². The molecule has 0 radical (unpaired) electrons. The highest BCUT2D eigenvalue weighted by Crippen LogP contribution is 2.24. The van der Waals surface area contributed by atoms with Gasteiger partial charge in [-0.3, -0.25) is 4.79 Å². The lowest BCUT2D eigenvalue weighted by Crippen LogP contribution is -2.19. The number of hydrazone groups is 1. The van der Waals surface area contributed by atoms with E-state index in [4.69, 9.17) is 4.42 Å². The third kappa shape index (κ3) is 4.09. The number of rotatable bonds is 6. The van der Waals surface area contributed by atoms with Gasteiger partial charge in [0, 0.05) is 22.3 Å². The van der Waals surface area contributed by atoms with Crippen LogP contribution >= 0.6 is 11.8 Å². The second-order valence-corrected chi connectivity index (χ2v) is 6.32. The third-order valence-electron chi connectivity index (χ3n) is 3.61. The molecule has 128 valence electrons. The van der Waals surface area contributed by atoms with Crippen LogP contribution in [0.3, 0.4) is 0 Å². The zero-order chi connectivity index (χ0) is 17.6. The molecule has 0 saturated carbocycles. The number of para-hydroxylation sites is 1. The van der Waals surface area contributed by atoms with Crippen LogP contribution in [0.5, 0.6) is 0 Å². The number of hydrogen-bond acceptors (Lipinski definition) is 4. The second kappa shape index (κ2) is 7.98. The molecule has 0 aliphatic rings. The van der Waals surface area contributed by atoms with Gasteiger partial charge in [0.15, 0.2) is 0 Å². The van der Waals surface area contributed by atoms with Gasteiger partial charge in [0.25, 0.3) is 0 Å². The SMILES string of the molecule is CCc1oc2ccccc2c1/C=N\NC(=O)CSc1ccccc1F. The van der Waals surface area contributed by atoms with Crippen molar-refractivity contribution < 1.29 is 13.6 Å². The molecule has 6 heteroatoms. The van der Waals surface area contributed by atoms with Crippen LogP contribution in [0.4, 0.5) is 4.39 Å². The summed E-state index contributed by atoms with van der Waals surface area (Å²) in [5.74, 6) is 0.280. The van der Waals surface area contributed by atoms with Gasteiger partial charge in [-0.2, -0.15) is 5.10 Å². The summed E-state index contributed by atoms with van der Waals surface area (Å²) in [7, 11) is 0. The minimum atomic E-state index is -0.332. The number of carbonyl (C=O) groups is 1. The molecule has 1 heterocycles. The van der Waals surface area contributed by atoms with Crippen molar-refractivity contribution in [2.24, 2.45) is 5.10 Å². The van der Waals surface area contributed by atoms with Crippen LogP contribution in [-0.2, 0) is 11.2 Å². The Morgan fingerprint density at radius 1 is 1.24 bits per heavy atom. The summed E-state index contributed by atoms with van der Waals surface area (Å²) in [5, 5.41) is 4.97. The van der Waals surface area contributed by atoms with Crippen LogP contribution in [-0.4, -0.2) is 17.9 Å². The minimum absolute atomic E-state index is 0.0883. The number of amides is 1. The van der Waals surface area contributed by atoms with Gasteiger partial charge in [0.05, 0.1) is 12.0 Å². The Hall–Kier alpha value is -2.60. The normalized spacial score (nSPS) is 11.3. The summed E-state index contributed by atoms with van der Waals surface area (Å²) >= 11 is 1.13. The summed E-state index contributed by atoms with van der Waals surface area (Å²) in [6.07, 6.45) is 2.32. The first-order valence-electron chi connectivity index (χ1n) is 7.88. The number of nitrogens with zero attached hydrogens (tertiary/aromatic N) is 1. The number of thioether (sulfide) groups is 1. The van der Waals surface area contributed by atoms with Gasteiger partial charge in [-0.1, -0.05) is 37.3 Å². The summed E-state index contributed by atoms with van der Waals surface area (Å²) in [4.78, 5) is 12.3. The van der Waals surface area contributed by atoms with Gasteiger partial charge < -0.3 is 4.42 Å². The number of aryl methyl sites for hydroxylation is 1. The molecule has 1 aromatic heterocycles. The zero-order valence-electron chi connectivity index (χ0n) is 13.7. The van der Waals surface area contributed by atoms with E-state index in [-0.39, 0.29) is 17.5 Å². The zero-order valence-corrected chi connectivity index (χ0v) is 14.5. The number of carbonyl (C=O) groups excluding carboxylic acids is 1. The maximum Gasteiger partial charge on any atom is 0.250 e. The fourth-order valence-electron chi connectivity index (χ4n) is 2.43. The third-order valence-corrected chi connectivity index (χ3v) is 4.66. The van der Waals surface area contributed by atoms with Crippen molar-refractivity contribution in [3.63, 3.8) is 0 Å². The summed E-state index contributed by atoms with van der Waals surface area (Å²) in [6, 6.07) is 14.1. The predicted molar refractivity (Wildman–Crippen MR) is 98.5 cm³/mol. The molecule has 4 nitrogen and oxygen atoms in total. The number of halogens is 1. The molecule has 0 bridgehead atoms. The molecule has 0 aliphatic carbocycles. The van der Waals surface area contributed by atoms with Gasteiger partial charge in [0.1, 0.15) is 17.2 Å². The van der Waals surface area contributed by atoms with Crippen molar-refractivity contribution in [3.05, 3.63) is 65.7 Å². The minimum Gasteiger partial charge on any atom is -0.460 e. The molecular formula is C19H17FN2O2S. The van der Waals surface area contributed by atoms with Gasteiger partial charge in [0.2, 0.25) is 5.91 Å². The highest BCUT2D eigenvalue weighted by molar-refractivity contribution is 8.00. The van der Waals surface area contributed by atoms with Crippen molar-refractivity contribution in [1.29, 1.82) is 0 Å². The highest BCUT2D eigenvalue weighted by atomic mass is 32.2. The van der Waals surface area contributed by atoms with Crippen LogP contribution in [0.25, 0.3) is 11.0 Å². The Morgan fingerprint density at radius 2 is 2.00 bits per heavy atom. The van der Waals surface area contributed by atoms with Crippen molar-refractivity contribution in [2.75, 3.05) is 5.75 Å². The molecule has 0 atom stereocenters. The van der Waals surface area contributed by atoms with Crippen LogP contribution < -0.4 is 5.43 Å². The molecule has 25 heavy (non-hydrogen) atoms. The molecule has 0 saturated heterocycles. The molecular weight excluding hydrogens is 339 g/mol. The van der Waals surface area contributed by atoms with E-state index in [9.17, 15) is 9.18 Å². The van der Waals surface area contributed by atoms with Crippen LogP contribution in [0.15, 0.2) is 62.9 Å². The second-order valence-electron chi connectivity index (χ2n) is 5.30. The van der Waals surface area contributed by atoms with Crippen molar-refractivity contribution in [2.45, 2.75) is 18.2 Å². The molecule has 1 amide bonds. The summed E-state index contributed by atoms with van der Waals surface area (Å²) < 4.78 is 19.3. The Kier molecular flexibility index (Phi) is 5.50. The van der Waals surface area contributed by atoms with E-state index in [1.54, 1.807) is 24.4 Å². The summed E-state index contributed by atoms with van der Waals surface area (Å²) in [6.45, 7) is 2.00. The fourth-order valence-corrected chi connectivity index (χ4v) is 3.16. The first kappa shape index (κ1) is 17.2. The van der Waals surface area contributed by atoms with Crippen molar-refractivity contribution in [1.82, 2.24) is 5.43 Å². The maximum atomic E-state index is 13.5. The van der Waals surface area contributed by atoms with E-state index >= 15 is 0 Å². The first-order chi connectivity index (χ1) is 12.2. The van der Waals surface area contributed by atoms with Gasteiger partial charge in [-0.15, -0.1) is 11.8 Å². The van der Waals surface area contributed by atoms with Gasteiger partial charge >= 0.3 is 0 Å². The Morgan fingerprint density at radius 3 is 2.80 bits per heavy atom. The lowest BCUT2D eigenvalue weighted by atomic mass is 10.1. The van der Waals surface area contributed by atoms with Crippen LogP contribution in [0.2, 0.25) is 0 Å². The number of nitrogens with one attached hydrogen (secondary N) is 1. The van der Waals surface area contributed by atoms with E-state index in [0.29, 0.717) is 4.90 Å². The molecule has 1 N–H and O–H groups in total. The lowest BCUT2D eigenvalue weighted by molar-refractivity contribution is -0.118. The molecule has 0 unspecified atom stereocenters. The molecule has 0 spiro atoms. The van der Waals surface area contributed by atoms with E-state index in [1.165, 1.54) is 6.07 Å². The van der Waals surface area contributed by atoms with Crippen molar-refractivity contribution >= 4 is 34.9 Å². The average molecular weight is 356 g/mol. The Labute approximate surface area is 149 Å². The number of fused-ring (bicyclic) bond motifs is 1. The van der Waals surface area contributed by atoms with E-state index < -0.39 is 0 Å². The monoisotopic (exact) mass is 356 g/mol. The van der Waals surface area contributed by atoms with E-state index in [0.717, 1.165) is 40.5 Å².